The van der Waals surface area contributed by atoms with Crippen LogP contribution in [0.4, 0.5) is 0 Å². The minimum absolute atomic E-state index is 0.608. The molecule has 62 valence electrons. The van der Waals surface area contributed by atoms with Gasteiger partial charge in [-0.3, -0.25) is 9.36 Å². The molecule has 1 rings (SSSR count). The summed E-state index contributed by atoms with van der Waals surface area (Å²) in [5.74, 6) is 0. The Kier molecular flexibility index (Phi) is 1.83. The second kappa shape index (κ2) is 2.54. The van der Waals surface area contributed by atoms with Gasteiger partial charge in [0.25, 0.3) is 0 Å². The van der Waals surface area contributed by atoms with E-state index in [0.29, 0.717) is 0 Å². The van der Waals surface area contributed by atoms with Crippen molar-refractivity contribution >= 4 is 16.0 Å². The number of nitrogens with zero attached hydrogens (tertiary/aromatic N) is 3. The van der Waals surface area contributed by atoms with Crippen LogP contribution in [0.15, 0.2) is 14.4 Å². The van der Waals surface area contributed by atoms with Crippen molar-refractivity contribution in [3.63, 3.8) is 0 Å². The summed E-state index contributed by atoms with van der Waals surface area (Å²) < 4.78 is 2.63. The summed E-state index contributed by atoms with van der Waals surface area (Å²) in [5.41, 5.74) is -1.82. The summed E-state index contributed by atoms with van der Waals surface area (Å²) >= 11 is 0. The van der Waals surface area contributed by atoms with Gasteiger partial charge in [0, 0.05) is 7.05 Å². The predicted octanol–water partition coefficient (Wildman–Crippen LogP) is -4.50. The van der Waals surface area contributed by atoms with Crippen molar-refractivity contribution in [1.82, 2.24) is 13.5 Å². The summed E-state index contributed by atoms with van der Waals surface area (Å²) in [7, 11) is 3.97. The molecule has 8 heteroatoms. The van der Waals surface area contributed by atoms with Crippen LogP contribution in [-0.4, -0.2) is 29.5 Å². The molecule has 1 aromatic rings. The fraction of sp³-hybridized carbons (Fsp3) is 0.250. The largest absolute Gasteiger partial charge is 0.323 e. The van der Waals surface area contributed by atoms with Crippen molar-refractivity contribution in [3.05, 3.63) is 31.5 Å². The molecule has 0 saturated carbocycles. The maximum Gasteiger partial charge on any atom is 0.323 e. The number of aromatic nitrogens is 3. The fourth-order valence-corrected chi connectivity index (χ4v) is 0.920. The third-order valence-corrected chi connectivity index (χ3v) is 1.72. The van der Waals surface area contributed by atoms with Gasteiger partial charge < -0.3 is 8.96 Å². The molecule has 0 radical (unpaired) electrons. The number of hydrogen-bond acceptors (Lipinski definition) is 3. The van der Waals surface area contributed by atoms with Crippen LogP contribution in [0.1, 0.15) is 0 Å². The lowest BCUT2D eigenvalue weighted by atomic mass is 10.4. The van der Waals surface area contributed by atoms with Gasteiger partial charge in [-0.2, -0.15) is 0 Å². The molecule has 1 aromatic heterocycles. The normalized spacial score (nSPS) is 10.1. The highest BCUT2D eigenvalue weighted by Gasteiger charge is 2.04. The Morgan fingerprint density at radius 3 is 1.58 bits per heavy atom. The first-order valence-electron chi connectivity index (χ1n) is 3.30. The third kappa shape index (κ3) is 0.956. The zero-order valence-corrected chi connectivity index (χ0v) is 7.07. The number of rotatable bonds is 0. The molecule has 0 fully saturated rings. The van der Waals surface area contributed by atoms with E-state index in [1.54, 1.807) is 0 Å². The summed E-state index contributed by atoms with van der Waals surface area (Å²) in [6, 6.07) is 0. The first-order chi connectivity index (χ1) is 5.46. The third-order valence-electron chi connectivity index (χ3n) is 1.72. The summed E-state index contributed by atoms with van der Waals surface area (Å²) in [6.45, 7) is 0. The molecule has 6 nitrogen and oxygen atoms in total. The highest BCUT2D eigenvalue weighted by molar-refractivity contribution is 6.08. The molecule has 0 amide bonds. The van der Waals surface area contributed by atoms with Crippen LogP contribution in [0.25, 0.3) is 0 Å². The smallest absolute Gasteiger partial charge is 0.301 e. The lowest BCUT2D eigenvalue weighted by Crippen LogP contribution is -2.52. The predicted molar refractivity (Wildman–Crippen MR) is 48.1 cm³/mol. The maximum atomic E-state index is 11.1. The van der Waals surface area contributed by atoms with Gasteiger partial charge in [-0.05, 0) is 0 Å². The van der Waals surface area contributed by atoms with Gasteiger partial charge in [0.1, 0.15) is 0 Å². The molecule has 0 bridgehead atoms. The van der Waals surface area contributed by atoms with Crippen molar-refractivity contribution in [2.75, 3.05) is 0 Å². The minimum Gasteiger partial charge on any atom is -0.301 e. The second-order valence-electron chi connectivity index (χ2n) is 2.52. The zero-order valence-electron chi connectivity index (χ0n) is 7.07. The Labute approximate surface area is 68.9 Å². The molecular formula is C4H7B2N3O3. The minimum atomic E-state index is -0.608. The summed E-state index contributed by atoms with van der Waals surface area (Å²) in [4.78, 5) is 33.2. The quantitative estimate of drug-likeness (QED) is 0.365. The van der Waals surface area contributed by atoms with E-state index in [1.165, 1.54) is 23.0 Å². The Bertz CT molecular complexity index is 380. The highest BCUT2D eigenvalue weighted by atomic mass is 16.2. The number of hydrogen-bond donors (Lipinski definition) is 0. The van der Waals surface area contributed by atoms with Crippen LogP contribution >= 0.6 is 0 Å². The van der Waals surface area contributed by atoms with Crippen LogP contribution in [-0.2, 0) is 7.05 Å². The molecule has 0 atom stereocenters. The zero-order chi connectivity index (χ0) is 9.46. The Hall–Kier alpha value is -1.46. The van der Waals surface area contributed by atoms with E-state index in [2.05, 4.69) is 0 Å². The molecule has 0 aromatic carbocycles. The van der Waals surface area contributed by atoms with Crippen LogP contribution in [0.5, 0.6) is 0 Å². The van der Waals surface area contributed by atoms with E-state index in [0.717, 1.165) is 13.5 Å². The van der Waals surface area contributed by atoms with Crippen molar-refractivity contribution < 1.29 is 0 Å². The van der Waals surface area contributed by atoms with E-state index in [9.17, 15) is 14.4 Å². The standard InChI is InChI=1S/C4H7B2N3O3/c1-7-2(10)8(5)4(12)9(6)3(7)11/h5-6H2,1H3. The Morgan fingerprint density at radius 1 is 0.917 bits per heavy atom. The van der Waals surface area contributed by atoms with Crippen molar-refractivity contribution in [2.45, 2.75) is 0 Å². The lowest BCUT2D eigenvalue weighted by molar-refractivity contribution is 0.666. The van der Waals surface area contributed by atoms with Gasteiger partial charge in [0.2, 0.25) is 16.0 Å². The van der Waals surface area contributed by atoms with Gasteiger partial charge in [-0.15, -0.1) is 0 Å². The molecular weight excluding hydrogens is 160 g/mol. The lowest BCUT2D eigenvalue weighted by Gasteiger charge is -2.03. The van der Waals surface area contributed by atoms with Crippen LogP contribution in [0.3, 0.4) is 0 Å². The SMILES string of the molecule is Bn1c(=O)n(B)c(=O)n(C)c1=O. The van der Waals surface area contributed by atoms with Crippen LogP contribution < -0.4 is 17.1 Å². The molecule has 0 aliphatic rings. The van der Waals surface area contributed by atoms with Crippen molar-refractivity contribution in [1.29, 1.82) is 0 Å². The topological polar surface area (TPSA) is 66.0 Å². The fourth-order valence-electron chi connectivity index (χ4n) is 0.920. The summed E-state index contributed by atoms with van der Waals surface area (Å²) in [5, 5.41) is 0. The van der Waals surface area contributed by atoms with E-state index in [1.807, 2.05) is 0 Å². The van der Waals surface area contributed by atoms with Gasteiger partial charge in [-0.25, -0.2) is 9.59 Å². The van der Waals surface area contributed by atoms with Gasteiger partial charge in [0.15, 0.2) is 0 Å². The Balaban J connectivity index is 4.00. The van der Waals surface area contributed by atoms with Crippen LogP contribution in [0.2, 0.25) is 0 Å². The summed E-state index contributed by atoms with van der Waals surface area (Å²) in [6.07, 6.45) is 0. The molecule has 0 spiro atoms. The van der Waals surface area contributed by atoms with Gasteiger partial charge >= 0.3 is 17.1 Å². The highest BCUT2D eigenvalue weighted by Crippen LogP contribution is 1.56. The van der Waals surface area contributed by atoms with E-state index >= 15 is 0 Å². The van der Waals surface area contributed by atoms with E-state index < -0.39 is 17.1 Å². The maximum absolute atomic E-state index is 11.1. The molecule has 0 aliphatic carbocycles. The molecule has 0 N–H and O–H groups in total. The first-order valence-corrected chi connectivity index (χ1v) is 3.30. The average Bonchev–Trinajstić information content (AvgIpc) is 2.08. The average molecular weight is 167 g/mol. The molecule has 0 saturated heterocycles. The molecule has 1 heterocycles. The van der Waals surface area contributed by atoms with Crippen molar-refractivity contribution in [2.24, 2.45) is 7.05 Å². The van der Waals surface area contributed by atoms with Crippen LogP contribution in [0, 0.1) is 0 Å². The van der Waals surface area contributed by atoms with E-state index in [4.69, 9.17) is 0 Å². The molecule has 12 heavy (non-hydrogen) atoms. The van der Waals surface area contributed by atoms with Crippen molar-refractivity contribution in [3.8, 4) is 0 Å². The first kappa shape index (κ1) is 8.63. The van der Waals surface area contributed by atoms with E-state index in [-0.39, 0.29) is 0 Å². The molecule has 0 unspecified atom stereocenters. The van der Waals surface area contributed by atoms with Gasteiger partial charge in [-0.1, -0.05) is 0 Å². The molecule has 0 aliphatic heterocycles. The second-order valence-corrected chi connectivity index (χ2v) is 2.52. The Morgan fingerprint density at radius 2 is 1.25 bits per heavy atom. The van der Waals surface area contributed by atoms with Gasteiger partial charge in [0.05, 0.1) is 0 Å². The monoisotopic (exact) mass is 167 g/mol.